The lowest BCUT2D eigenvalue weighted by atomic mass is 10.0. The fraction of sp³-hybridized carbons (Fsp3) is 0.333. The Balaban J connectivity index is 1.92. The number of hydrogen-bond donors (Lipinski definition) is 3. The van der Waals surface area contributed by atoms with Crippen molar-refractivity contribution in [2.75, 3.05) is 26.9 Å². The number of methoxy groups -OCH3 is 1. The maximum atomic E-state index is 9.69. The van der Waals surface area contributed by atoms with Gasteiger partial charge in [0.15, 0.2) is 0 Å². The predicted octanol–water partition coefficient (Wildman–Crippen LogP) is 1.60. The van der Waals surface area contributed by atoms with E-state index in [-0.39, 0.29) is 25.5 Å². The summed E-state index contributed by atoms with van der Waals surface area (Å²) in [6.45, 7) is 0.241. The minimum atomic E-state index is -0.294. The lowest BCUT2D eigenvalue weighted by molar-refractivity contribution is -0.0440. The van der Waals surface area contributed by atoms with Crippen molar-refractivity contribution < 1.29 is 24.9 Å². The quantitative estimate of drug-likeness (QED) is 0.739. The van der Waals surface area contributed by atoms with E-state index in [9.17, 15) is 15.4 Å². The molecule has 1 aliphatic rings. The van der Waals surface area contributed by atoms with Crippen molar-refractivity contribution in [1.29, 1.82) is 0 Å². The summed E-state index contributed by atoms with van der Waals surface area (Å²) < 4.78 is 10.6. The lowest BCUT2D eigenvalue weighted by Gasteiger charge is -2.23. The zero-order valence-electron chi connectivity index (χ0n) is 11.8. The third kappa shape index (κ3) is 3.98. The van der Waals surface area contributed by atoms with Crippen LogP contribution in [0.5, 0.6) is 5.75 Å². The summed E-state index contributed by atoms with van der Waals surface area (Å²) in [7, 11) is 1.61. The Labute approximate surface area is 123 Å². The molecule has 1 heterocycles. The topological polar surface area (TPSA) is 82.4 Å². The molecule has 0 saturated carbocycles. The van der Waals surface area contributed by atoms with E-state index >= 15 is 0 Å². The highest BCUT2D eigenvalue weighted by atomic mass is 16.5. The van der Waals surface area contributed by atoms with Gasteiger partial charge in [0.1, 0.15) is 18.1 Å². The molecule has 0 spiro atoms. The number of nitrogens with zero attached hydrogens (tertiary/aromatic N) is 1. The van der Waals surface area contributed by atoms with Crippen molar-refractivity contribution in [3.63, 3.8) is 0 Å². The first-order valence-electron chi connectivity index (χ1n) is 6.53. The number of aliphatic hydroxyl groups is 2. The molecule has 1 aliphatic heterocycles. The minimum Gasteiger partial charge on any atom is -0.510 e. The van der Waals surface area contributed by atoms with E-state index in [0.717, 1.165) is 16.4 Å². The average Bonchev–Trinajstić information content (AvgIpc) is 2.47. The van der Waals surface area contributed by atoms with Gasteiger partial charge in [-0.3, -0.25) is 10.3 Å². The second-order valence-electron chi connectivity index (χ2n) is 4.68. The number of hydrogen-bond acceptors (Lipinski definition) is 6. The SMILES string of the molecule is COc1ccc(COCC2=CN(O)CC(O)=C2CO)cc1. The van der Waals surface area contributed by atoms with Crippen molar-refractivity contribution >= 4 is 0 Å². The van der Waals surface area contributed by atoms with Gasteiger partial charge >= 0.3 is 0 Å². The molecule has 1 aromatic carbocycles. The highest BCUT2D eigenvalue weighted by molar-refractivity contribution is 5.36. The number of ether oxygens (including phenoxy) is 2. The molecular weight excluding hydrogens is 274 g/mol. The monoisotopic (exact) mass is 293 g/mol. The summed E-state index contributed by atoms with van der Waals surface area (Å²) in [6, 6.07) is 7.48. The molecule has 2 rings (SSSR count). The third-order valence-electron chi connectivity index (χ3n) is 3.20. The molecule has 0 saturated heterocycles. The molecule has 21 heavy (non-hydrogen) atoms. The second kappa shape index (κ2) is 7.12. The summed E-state index contributed by atoms with van der Waals surface area (Å²) in [5, 5.41) is 29.3. The van der Waals surface area contributed by atoms with Gasteiger partial charge in [-0.2, -0.15) is 0 Å². The van der Waals surface area contributed by atoms with E-state index < -0.39 is 0 Å². The van der Waals surface area contributed by atoms with Crippen LogP contribution >= 0.6 is 0 Å². The minimum absolute atomic E-state index is 0.0299. The highest BCUT2D eigenvalue weighted by Crippen LogP contribution is 2.20. The van der Waals surface area contributed by atoms with Gasteiger partial charge in [-0.1, -0.05) is 12.1 Å². The molecule has 0 bridgehead atoms. The number of aliphatic hydroxyl groups excluding tert-OH is 2. The molecule has 0 aliphatic carbocycles. The zero-order chi connectivity index (χ0) is 15.2. The molecule has 0 fully saturated rings. The van der Waals surface area contributed by atoms with Gasteiger partial charge in [0.05, 0.1) is 26.9 Å². The Morgan fingerprint density at radius 3 is 2.52 bits per heavy atom. The summed E-state index contributed by atoms with van der Waals surface area (Å²) in [4.78, 5) is 0. The van der Waals surface area contributed by atoms with E-state index in [4.69, 9.17) is 9.47 Å². The zero-order valence-corrected chi connectivity index (χ0v) is 11.8. The van der Waals surface area contributed by atoms with Crippen molar-refractivity contribution in [1.82, 2.24) is 5.06 Å². The normalized spacial score (nSPS) is 15.2. The maximum absolute atomic E-state index is 9.69. The molecular formula is C15H19NO5. The molecule has 6 nitrogen and oxygen atoms in total. The molecule has 114 valence electrons. The van der Waals surface area contributed by atoms with Crippen molar-refractivity contribution in [3.05, 3.63) is 52.9 Å². The fourth-order valence-electron chi connectivity index (χ4n) is 2.06. The van der Waals surface area contributed by atoms with Gasteiger partial charge in [-0.15, -0.1) is 0 Å². The Morgan fingerprint density at radius 1 is 1.19 bits per heavy atom. The molecule has 0 amide bonds. The van der Waals surface area contributed by atoms with Crippen LogP contribution in [0.4, 0.5) is 0 Å². The first kappa shape index (κ1) is 15.4. The largest absolute Gasteiger partial charge is 0.510 e. The number of hydroxylamine groups is 2. The van der Waals surface area contributed by atoms with Crippen LogP contribution in [-0.4, -0.2) is 47.4 Å². The maximum Gasteiger partial charge on any atom is 0.120 e. The molecule has 0 atom stereocenters. The third-order valence-corrected chi connectivity index (χ3v) is 3.20. The van der Waals surface area contributed by atoms with E-state index in [1.807, 2.05) is 24.3 Å². The Bertz CT molecular complexity index is 535. The summed E-state index contributed by atoms with van der Waals surface area (Å²) >= 11 is 0. The summed E-state index contributed by atoms with van der Waals surface area (Å²) in [5.41, 5.74) is 1.93. The van der Waals surface area contributed by atoms with Crippen LogP contribution in [0.1, 0.15) is 5.56 Å². The molecule has 6 heteroatoms. The van der Waals surface area contributed by atoms with Crippen LogP contribution < -0.4 is 4.74 Å². The Morgan fingerprint density at radius 2 is 1.90 bits per heavy atom. The van der Waals surface area contributed by atoms with Crippen LogP contribution in [0.15, 0.2) is 47.4 Å². The van der Waals surface area contributed by atoms with Gasteiger partial charge in [-0.05, 0) is 17.7 Å². The Hall–Kier alpha value is -2.02. The summed E-state index contributed by atoms with van der Waals surface area (Å²) in [5.74, 6) is 0.727. The van der Waals surface area contributed by atoms with Gasteiger partial charge in [-0.25, -0.2) is 0 Å². The number of rotatable bonds is 6. The molecule has 3 N–H and O–H groups in total. The fourth-order valence-corrected chi connectivity index (χ4v) is 2.06. The van der Waals surface area contributed by atoms with Gasteiger partial charge in [0, 0.05) is 17.3 Å². The van der Waals surface area contributed by atoms with Crippen molar-refractivity contribution in [3.8, 4) is 5.75 Å². The first-order chi connectivity index (χ1) is 10.1. The molecule has 0 unspecified atom stereocenters. The van der Waals surface area contributed by atoms with Crippen LogP contribution in [0.3, 0.4) is 0 Å². The second-order valence-corrected chi connectivity index (χ2v) is 4.68. The number of benzene rings is 1. The predicted molar refractivity (Wildman–Crippen MR) is 76.0 cm³/mol. The van der Waals surface area contributed by atoms with Crippen LogP contribution in [0, 0.1) is 0 Å². The van der Waals surface area contributed by atoms with E-state index in [0.29, 0.717) is 17.8 Å². The Kier molecular flexibility index (Phi) is 5.21. The van der Waals surface area contributed by atoms with Crippen LogP contribution in [0.2, 0.25) is 0 Å². The highest BCUT2D eigenvalue weighted by Gasteiger charge is 2.18. The standard InChI is InChI=1S/C15H19NO5/c1-20-13-4-2-11(3-5-13)9-21-10-12-6-16(19)7-15(18)14(12)8-17/h2-6,17-19H,7-10H2,1H3. The molecule has 0 aromatic heterocycles. The van der Waals surface area contributed by atoms with Gasteiger partial charge in [0.25, 0.3) is 0 Å². The van der Waals surface area contributed by atoms with Gasteiger partial charge in [0.2, 0.25) is 0 Å². The van der Waals surface area contributed by atoms with E-state index in [1.54, 1.807) is 7.11 Å². The van der Waals surface area contributed by atoms with Gasteiger partial charge < -0.3 is 19.7 Å². The van der Waals surface area contributed by atoms with Crippen molar-refractivity contribution in [2.24, 2.45) is 0 Å². The summed E-state index contributed by atoms with van der Waals surface area (Å²) in [6.07, 6.45) is 1.44. The molecule has 1 aromatic rings. The van der Waals surface area contributed by atoms with E-state index in [1.165, 1.54) is 6.20 Å². The molecule has 0 radical (unpaired) electrons. The van der Waals surface area contributed by atoms with Crippen LogP contribution in [0.25, 0.3) is 0 Å². The van der Waals surface area contributed by atoms with Crippen LogP contribution in [-0.2, 0) is 11.3 Å². The smallest absolute Gasteiger partial charge is 0.120 e. The average molecular weight is 293 g/mol. The first-order valence-corrected chi connectivity index (χ1v) is 6.53. The lowest BCUT2D eigenvalue weighted by Crippen LogP contribution is -2.24. The van der Waals surface area contributed by atoms with Crippen molar-refractivity contribution in [2.45, 2.75) is 6.61 Å². The van der Waals surface area contributed by atoms with E-state index in [2.05, 4.69) is 0 Å².